The van der Waals surface area contributed by atoms with Crippen LogP contribution in [0.5, 0.6) is 0 Å². The lowest BCUT2D eigenvalue weighted by Gasteiger charge is -2.17. The molecule has 0 aliphatic heterocycles. The predicted octanol–water partition coefficient (Wildman–Crippen LogP) is 12.0. The number of hydrogen-bond donors (Lipinski definition) is 1. The first-order valence-corrected chi connectivity index (χ1v) is 17.6. The van der Waals surface area contributed by atoms with Gasteiger partial charge in [0.15, 0.2) is 0 Å². The van der Waals surface area contributed by atoms with Crippen LogP contribution in [0.1, 0.15) is 174 Å². The first-order valence-electron chi connectivity index (χ1n) is 17.6. The topological polar surface area (TPSA) is 63.6 Å². The maximum Gasteiger partial charge on any atom is 0.306 e. The molecule has 0 heterocycles. The molecule has 0 saturated carbocycles. The molecule has 4 nitrogen and oxygen atoms in total. The average molecular weight is 587 g/mol. The largest absolute Gasteiger partial charge is 0.481 e. The lowest BCUT2D eigenvalue weighted by Crippen LogP contribution is -2.18. The Balaban J connectivity index is 3.81. The molecule has 42 heavy (non-hydrogen) atoms. The van der Waals surface area contributed by atoms with Gasteiger partial charge in [-0.05, 0) is 70.6 Å². The van der Waals surface area contributed by atoms with E-state index < -0.39 is 5.97 Å². The second-order valence-corrected chi connectivity index (χ2v) is 11.7. The number of unbranched alkanes of at least 4 members (excludes halogenated alkanes) is 14. The molecule has 0 bridgehead atoms. The summed E-state index contributed by atoms with van der Waals surface area (Å²) in [6.45, 7) is 4.43. The summed E-state index contributed by atoms with van der Waals surface area (Å²) >= 11 is 0. The van der Waals surface area contributed by atoms with Crippen LogP contribution in [0.2, 0.25) is 0 Å². The molecule has 0 radical (unpaired) electrons. The first-order chi connectivity index (χ1) is 20.6. The van der Waals surface area contributed by atoms with Crippen molar-refractivity contribution in [2.24, 2.45) is 0 Å². The van der Waals surface area contributed by atoms with Crippen molar-refractivity contribution in [1.29, 1.82) is 0 Å². The van der Waals surface area contributed by atoms with Crippen molar-refractivity contribution >= 4 is 11.9 Å². The lowest BCUT2D eigenvalue weighted by molar-refractivity contribution is -0.150. The van der Waals surface area contributed by atoms with Gasteiger partial charge >= 0.3 is 11.9 Å². The minimum atomic E-state index is -0.681. The number of carbonyl (C=O) groups excluding carboxylic acids is 1. The van der Waals surface area contributed by atoms with Gasteiger partial charge < -0.3 is 9.84 Å². The predicted molar refractivity (Wildman–Crippen MR) is 181 cm³/mol. The minimum absolute atomic E-state index is 0.0321. The number of ether oxygens (including phenoxy) is 1. The van der Waals surface area contributed by atoms with Gasteiger partial charge in [0, 0.05) is 12.8 Å². The van der Waals surface area contributed by atoms with Crippen molar-refractivity contribution in [3.8, 4) is 0 Å². The van der Waals surface area contributed by atoms with Crippen LogP contribution in [0, 0.1) is 0 Å². The van der Waals surface area contributed by atoms with Crippen LogP contribution in [0.4, 0.5) is 0 Å². The number of carboxylic acid groups (broad SMARTS) is 1. The van der Waals surface area contributed by atoms with Crippen molar-refractivity contribution in [3.05, 3.63) is 48.6 Å². The van der Waals surface area contributed by atoms with Gasteiger partial charge in [0.25, 0.3) is 0 Å². The number of carboxylic acids is 1. The highest BCUT2D eigenvalue weighted by Gasteiger charge is 2.13. The monoisotopic (exact) mass is 586 g/mol. The Hall–Kier alpha value is -2.10. The number of carbonyl (C=O) groups is 2. The number of aliphatic carboxylic acids is 1. The van der Waals surface area contributed by atoms with Gasteiger partial charge in [-0.1, -0.05) is 140 Å². The molecule has 0 aromatic rings. The molecule has 0 aliphatic carbocycles. The fourth-order valence-corrected chi connectivity index (χ4v) is 4.93. The molecule has 0 aromatic heterocycles. The van der Waals surface area contributed by atoms with E-state index in [9.17, 15) is 9.59 Å². The summed E-state index contributed by atoms with van der Waals surface area (Å²) in [6, 6.07) is 0. The number of hydrogen-bond acceptors (Lipinski definition) is 3. The summed E-state index contributed by atoms with van der Waals surface area (Å²) < 4.78 is 5.87. The van der Waals surface area contributed by atoms with E-state index in [0.717, 1.165) is 83.5 Å². The number of rotatable bonds is 31. The Kier molecular flexibility index (Phi) is 31.7. The Labute approximate surface area is 260 Å². The van der Waals surface area contributed by atoms with Crippen LogP contribution < -0.4 is 0 Å². The first kappa shape index (κ1) is 39.9. The third kappa shape index (κ3) is 32.4. The second kappa shape index (κ2) is 33.4. The van der Waals surface area contributed by atoms with Crippen molar-refractivity contribution in [2.45, 2.75) is 180 Å². The lowest BCUT2D eigenvalue weighted by atomic mass is 10.0. The van der Waals surface area contributed by atoms with Crippen LogP contribution in [0.25, 0.3) is 0 Å². The van der Waals surface area contributed by atoms with Gasteiger partial charge in [0.2, 0.25) is 0 Å². The molecule has 1 N–H and O–H groups in total. The summed E-state index contributed by atoms with van der Waals surface area (Å²) in [6.07, 6.45) is 44.5. The molecule has 4 heteroatoms. The smallest absolute Gasteiger partial charge is 0.306 e. The Bertz CT molecular complexity index is 719. The zero-order valence-electron chi connectivity index (χ0n) is 27.5. The molecule has 0 amide bonds. The molecule has 0 rings (SSSR count). The van der Waals surface area contributed by atoms with Gasteiger partial charge in [-0.25, -0.2) is 0 Å². The van der Waals surface area contributed by atoms with Crippen molar-refractivity contribution in [2.75, 3.05) is 0 Å². The SMILES string of the molecule is CCCCC/C=C\C/C=C\C/C=C\C/C=C\CCCC(=O)OC(CCCC)CCCCCCCCCCCCC(=O)O. The normalized spacial score (nSPS) is 12.8. The van der Waals surface area contributed by atoms with Gasteiger partial charge in [0.1, 0.15) is 6.10 Å². The van der Waals surface area contributed by atoms with Crippen LogP contribution in [-0.2, 0) is 14.3 Å². The van der Waals surface area contributed by atoms with E-state index >= 15 is 0 Å². The second-order valence-electron chi connectivity index (χ2n) is 11.7. The van der Waals surface area contributed by atoms with Crippen molar-refractivity contribution < 1.29 is 19.4 Å². The van der Waals surface area contributed by atoms with Crippen LogP contribution in [-0.4, -0.2) is 23.1 Å². The summed E-state index contributed by atoms with van der Waals surface area (Å²) in [4.78, 5) is 22.9. The Morgan fingerprint density at radius 1 is 0.524 bits per heavy atom. The van der Waals surface area contributed by atoms with E-state index in [-0.39, 0.29) is 12.1 Å². The van der Waals surface area contributed by atoms with Gasteiger partial charge in [0.05, 0.1) is 0 Å². The zero-order chi connectivity index (χ0) is 30.8. The highest BCUT2D eigenvalue weighted by Crippen LogP contribution is 2.17. The molecule has 1 atom stereocenters. The fraction of sp³-hybridized carbons (Fsp3) is 0.737. The minimum Gasteiger partial charge on any atom is -0.481 e. The number of esters is 1. The van der Waals surface area contributed by atoms with E-state index in [1.807, 2.05) is 0 Å². The van der Waals surface area contributed by atoms with Crippen LogP contribution in [0.15, 0.2) is 48.6 Å². The average Bonchev–Trinajstić information content (AvgIpc) is 2.97. The molecule has 0 spiro atoms. The molecular formula is C38H66O4. The molecule has 0 aromatic carbocycles. The molecule has 0 fully saturated rings. The van der Waals surface area contributed by atoms with E-state index in [2.05, 4.69) is 62.5 Å². The van der Waals surface area contributed by atoms with E-state index in [0.29, 0.717) is 12.8 Å². The summed E-state index contributed by atoms with van der Waals surface area (Å²) in [5.41, 5.74) is 0. The Morgan fingerprint density at radius 2 is 0.976 bits per heavy atom. The third-order valence-corrected chi connectivity index (χ3v) is 7.55. The van der Waals surface area contributed by atoms with E-state index in [1.165, 1.54) is 64.2 Å². The standard InChI is InChI=1S/C38H66O4/c1-3-5-7-8-9-10-11-12-13-14-15-16-17-22-25-28-31-35-38(41)42-36(32-6-4-2)33-29-26-23-20-18-19-21-24-27-30-34-37(39)40/h9-10,12-13,15-16,22,25,36H,3-8,11,14,17-21,23-24,26-35H2,1-2H3,(H,39,40)/b10-9-,13-12-,16-15-,25-22-. The highest BCUT2D eigenvalue weighted by atomic mass is 16.5. The summed E-state index contributed by atoms with van der Waals surface area (Å²) in [7, 11) is 0. The van der Waals surface area contributed by atoms with Crippen molar-refractivity contribution in [1.82, 2.24) is 0 Å². The molecule has 242 valence electrons. The highest BCUT2D eigenvalue weighted by molar-refractivity contribution is 5.69. The van der Waals surface area contributed by atoms with Gasteiger partial charge in [-0.2, -0.15) is 0 Å². The summed E-state index contributed by atoms with van der Waals surface area (Å²) in [5, 5.41) is 8.67. The summed E-state index contributed by atoms with van der Waals surface area (Å²) in [5.74, 6) is -0.713. The van der Waals surface area contributed by atoms with E-state index in [4.69, 9.17) is 9.84 Å². The quantitative estimate of drug-likeness (QED) is 0.0498. The third-order valence-electron chi connectivity index (χ3n) is 7.55. The van der Waals surface area contributed by atoms with E-state index in [1.54, 1.807) is 0 Å². The van der Waals surface area contributed by atoms with Crippen LogP contribution >= 0.6 is 0 Å². The zero-order valence-corrected chi connectivity index (χ0v) is 27.5. The molecule has 0 saturated heterocycles. The number of allylic oxidation sites excluding steroid dienone is 8. The van der Waals surface area contributed by atoms with Gasteiger partial charge in [-0.15, -0.1) is 0 Å². The molecular weight excluding hydrogens is 520 g/mol. The maximum atomic E-state index is 12.4. The fourth-order valence-electron chi connectivity index (χ4n) is 4.93. The molecule has 1 unspecified atom stereocenters. The Morgan fingerprint density at radius 3 is 1.50 bits per heavy atom. The molecule has 0 aliphatic rings. The van der Waals surface area contributed by atoms with Crippen molar-refractivity contribution in [3.63, 3.8) is 0 Å². The maximum absolute atomic E-state index is 12.4. The van der Waals surface area contributed by atoms with Crippen LogP contribution in [0.3, 0.4) is 0 Å². The van der Waals surface area contributed by atoms with Gasteiger partial charge in [-0.3, -0.25) is 9.59 Å².